The number of benzene rings is 1. The fraction of sp³-hybridized carbons (Fsp3) is 0.429. The van der Waals surface area contributed by atoms with Gasteiger partial charge in [-0.3, -0.25) is 4.79 Å². The summed E-state index contributed by atoms with van der Waals surface area (Å²) in [6, 6.07) is 5.35. The number of halogens is 1. The Hall–Kier alpha value is -1.91. The minimum Gasteiger partial charge on any atom is -0.467 e. The summed E-state index contributed by atoms with van der Waals surface area (Å²) in [5.74, 6) is -1.12. The maximum atomic E-state index is 13.6. The Kier molecular flexibility index (Phi) is 4.14. The maximum Gasteiger partial charge on any atom is 0.328 e. The summed E-state index contributed by atoms with van der Waals surface area (Å²) in [5, 5.41) is 2.63. The van der Waals surface area contributed by atoms with E-state index in [9.17, 15) is 14.0 Å². The number of hydrogen-bond donors (Lipinski definition) is 1. The highest BCUT2D eigenvalue weighted by Gasteiger charge is 2.33. The fourth-order valence-electron chi connectivity index (χ4n) is 1.85. The van der Waals surface area contributed by atoms with Gasteiger partial charge in [0, 0.05) is 12.3 Å². The van der Waals surface area contributed by atoms with Crippen molar-refractivity contribution < 1.29 is 18.7 Å². The van der Waals surface area contributed by atoms with E-state index in [-0.39, 0.29) is 18.2 Å². The molecular formula is C14H16FNO3. The Morgan fingerprint density at radius 1 is 1.42 bits per heavy atom. The van der Waals surface area contributed by atoms with E-state index < -0.39 is 17.8 Å². The molecule has 1 atom stereocenters. The number of hydrogen-bond acceptors (Lipinski definition) is 3. The third kappa shape index (κ3) is 3.53. The van der Waals surface area contributed by atoms with Gasteiger partial charge in [0.05, 0.1) is 7.11 Å². The highest BCUT2D eigenvalue weighted by molar-refractivity contribution is 5.87. The minimum absolute atomic E-state index is 0.00669. The van der Waals surface area contributed by atoms with Crippen molar-refractivity contribution in [1.82, 2.24) is 5.32 Å². The van der Waals surface area contributed by atoms with Gasteiger partial charge in [-0.1, -0.05) is 18.2 Å². The van der Waals surface area contributed by atoms with E-state index in [2.05, 4.69) is 10.1 Å². The molecule has 0 aliphatic heterocycles. The number of rotatable bonds is 5. The first kappa shape index (κ1) is 13.5. The number of carbonyl (C=O) groups is 2. The lowest BCUT2D eigenvalue weighted by molar-refractivity contribution is -0.145. The van der Waals surface area contributed by atoms with E-state index in [1.165, 1.54) is 13.2 Å². The SMILES string of the molecule is COC(=O)[C@H](Cc1ccccc1F)NC(=O)C1CC1. The molecule has 0 bridgehead atoms. The van der Waals surface area contributed by atoms with Gasteiger partial charge >= 0.3 is 5.97 Å². The van der Waals surface area contributed by atoms with E-state index in [0.29, 0.717) is 5.56 Å². The van der Waals surface area contributed by atoms with Crippen LogP contribution in [0.5, 0.6) is 0 Å². The van der Waals surface area contributed by atoms with Crippen molar-refractivity contribution in [3.05, 3.63) is 35.6 Å². The van der Waals surface area contributed by atoms with Gasteiger partial charge in [0.1, 0.15) is 11.9 Å². The second-order valence-electron chi connectivity index (χ2n) is 4.65. The Morgan fingerprint density at radius 3 is 2.68 bits per heavy atom. The second-order valence-corrected chi connectivity index (χ2v) is 4.65. The number of esters is 1. The van der Waals surface area contributed by atoms with Crippen LogP contribution in [0.4, 0.5) is 4.39 Å². The van der Waals surface area contributed by atoms with E-state index >= 15 is 0 Å². The van der Waals surface area contributed by atoms with Gasteiger partial charge < -0.3 is 10.1 Å². The summed E-state index contributed by atoms with van der Waals surface area (Å²) in [6.07, 6.45) is 1.79. The van der Waals surface area contributed by atoms with Crippen LogP contribution >= 0.6 is 0 Å². The Bertz CT molecular complexity index is 485. The van der Waals surface area contributed by atoms with Gasteiger partial charge in [-0.2, -0.15) is 0 Å². The molecule has 1 aliphatic rings. The fourth-order valence-corrected chi connectivity index (χ4v) is 1.85. The lowest BCUT2D eigenvalue weighted by Crippen LogP contribution is -2.43. The topological polar surface area (TPSA) is 55.4 Å². The molecule has 1 N–H and O–H groups in total. The zero-order valence-electron chi connectivity index (χ0n) is 10.7. The Balaban J connectivity index is 2.07. The smallest absolute Gasteiger partial charge is 0.328 e. The average molecular weight is 265 g/mol. The normalized spacial score (nSPS) is 15.7. The lowest BCUT2D eigenvalue weighted by atomic mass is 10.1. The number of amides is 1. The molecule has 2 rings (SSSR count). The molecule has 4 nitrogen and oxygen atoms in total. The van der Waals surface area contributed by atoms with Gasteiger partial charge in [-0.15, -0.1) is 0 Å². The first-order valence-corrected chi connectivity index (χ1v) is 6.23. The van der Waals surface area contributed by atoms with Crippen LogP contribution < -0.4 is 5.32 Å². The summed E-state index contributed by atoms with van der Waals surface area (Å²) in [6.45, 7) is 0. The summed E-state index contributed by atoms with van der Waals surface area (Å²) >= 11 is 0. The quantitative estimate of drug-likeness (QED) is 0.819. The lowest BCUT2D eigenvalue weighted by Gasteiger charge is -2.16. The summed E-state index contributed by atoms with van der Waals surface area (Å²) in [5.41, 5.74) is 0.383. The molecular weight excluding hydrogens is 249 g/mol. The van der Waals surface area contributed by atoms with Crippen LogP contribution in [0.3, 0.4) is 0 Å². The highest BCUT2D eigenvalue weighted by Crippen LogP contribution is 2.29. The summed E-state index contributed by atoms with van der Waals surface area (Å²) in [4.78, 5) is 23.3. The molecule has 0 saturated heterocycles. The van der Waals surface area contributed by atoms with E-state index in [1.54, 1.807) is 18.2 Å². The molecule has 19 heavy (non-hydrogen) atoms. The zero-order chi connectivity index (χ0) is 13.8. The number of carbonyl (C=O) groups excluding carboxylic acids is 2. The third-order valence-corrected chi connectivity index (χ3v) is 3.13. The van der Waals surface area contributed by atoms with Crippen LogP contribution in [-0.4, -0.2) is 25.0 Å². The summed E-state index contributed by atoms with van der Waals surface area (Å²) < 4.78 is 18.2. The van der Waals surface area contributed by atoms with Crippen molar-refractivity contribution in [2.45, 2.75) is 25.3 Å². The van der Waals surface area contributed by atoms with Crippen molar-refractivity contribution in [3.63, 3.8) is 0 Å². The zero-order valence-corrected chi connectivity index (χ0v) is 10.7. The second kappa shape index (κ2) is 5.82. The predicted octanol–water partition coefficient (Wildman–Crippen LogP) is 1.44. The van der Waals surface area contributed by atoms with Crippen LogP contribution in [0, 0.1) is 11.7 Å². The molecule has 102 valence electrons. The molecule has 0 spiro atoms. The molecule has 1 aromatic carbocycles. The molecule has 1 fully saturated rings. The molecule has 1 saturated carbocycles. The van der Waals surface area contributed by atoms with E-state index in [0.717, 1.165) is 12.8 Å². The number of ether oxygens (including phenoxy) is 1. The van der Waals surface area contributed by atoms with Crippen LogP contribution in [0.15, 0.2) is 24.3 Å². The molecule has 0 unspecified atom stereocenters. The average Bonchev–Trinajstić information content (AvgIpc) is 3.23. The van der Waals surface area contributed by atoms with Crippen molar-refractivity contribution >= 4 is 11.9 Å². The molecule has 5 heteroatoms. The molecule has 1 aliphatic carbocycles. The molecule has 0 heterocycles. The largest absolute Gasteiger partial charge is 0.467 e. The number of methoxy groups -OCH3 is 1. The van der Waals surface area contributed by atoms with Gasteiger partial charge in [0.15, 0.2) is 0 Å². The monoisotopic (exact) mass is 265 g/mol. The van der Waals surface area contributed by atoms with Crippen molar-refractivity contribution in [2.75, 3.05) is 7.11 Å². The van der Waals surface area contributed by atoms with Crippen LogP contribution in [0.2, 0.25) is 0 Å². The van der Waals surface area contributed by atoms with Crippen LogP contribution in [-0.2, 0) is 20.7 Å². The maximum absolute atomic E-state index is 13.6. The van der Waals surface area contributed by atoms with Gasteiger partial charge in [0.2, 0.25) is 5.91 Å². The predicted molar refractivity (Wildman–Crippen MR) is 66.8 cm³/mol. The first-order valence-electron chi connectivity index (χ1n) is 6.23. The summed E-state index contributed by atoms with van der Waals surface area (Å²) in [7, 11) is 1.25. The minimum atomic E-state index is -0.838. The highest BCUT2D eigenvalue weighted by atomic mass is 19.1. The van der Waals surface area contributed by atoms with E-state index in [1.807, 2.05) is 0 Å². The standard InChI is InChI=1S/C14H16FNO3/c1-19-14(18)12(16-13(17)9-6-7-9)8-10-4-2-3-5-11(10)15/h2-5,9,12H,6-8H2,1H3,(H,16,17)/t12-/m0/s1. The Morgan fingerprint density at radius 2 is 2.11 bits per heavy atom. The third-order valence-electron chi connectivity index (χ3n) is 3.13. The van der Waals surface area contributed by atoms with Crippen molar-refractivity contribution in [2.24, 2.45) is 5.92 Å². The van der Waals surface area contributed by atoms with Gasteiger partial charge in [0.25, 0.3) is 0 Å². The van der Waals surface area contributed by atoms with Gasteiger partial charge in [-0.25, -0.2) is 9.18 Å². The number of nitrogens with one attached hydrogen (secondary N) is 1. The molecule has 0 aromatic heterocycles. The van der Waals surface area contributed by atoms with Gasteiger partial charge in [-0.05, 0) is 24.5 Å². The molecule has 1 amide bonds. The molecule has 0 radical (unpaired) electrons. The van der Waals surface area contributed by atoms with Crippen LogP contribution in [0.1, 0.15) is 18.4 Å². The molecule has 1 aromatic rings. The van der Waals surface area contributed by atoms with Crippen LogP contribution in [0.25, 0.3) is 0 Å². The Labute approximate surface area is 110 Å². The first-order chi connectivity index (χ1) is 9.11. The van der Waals surface area contributed by atoms with Crippen molar-refractivity contribution in [1.29, 1.82) is 0 Å². The van der Waals surface area contributed by atoms with E-state index in [4.69, 9.17) is 0 Å². The van der Waals surface area contributed by atoms with Crippen molar-refractivity contribution in [3.8, 4) is 0 Å².